The number of nitro groups is 1. The molecule has 0 saturated heterocycles. The average Bonchev–Trinajstić information content (AvgIpc) is 2.51. The molecule has 0 aliphatic carbocycles. The SMILES string of the molecule is Cc1c(C(=O)O)n(C)c2cc([N+](=O)[O-])ccc12. The van der Waals surface area contributed by atoms with Gasteiger partial charge in [-0.2, -0.15) is 0 Å². The topological polar surface area (TPSA) is 85.4 Å². The minimum atomic E-state index is -1.04. The second-order valence-electron chi connectivity index (χ2n) is 3.80. The normalized spacial score (nSPS) is 10.7. The Bertz CT molecular complexity index is 642. The van der Waals surface area contributed by atoms with Gasteiger partial charge in [-0.1, -0.05) is 0 Å². The van der Waals surface area contributed by atoms with Crippen LogP contribution in [0.2, 0.25) is 0 Å². The Morgan fingerprint density at radius 2 is 2.12 bits per heavy atom. The van der Waals surface area contributed by atoms with Gasteiger partial charge >= 0.3 is 5.97 Å². The number of hydrogen-bond acceptors (Lipinski definition) is 3. The van der Waals surface area contributed by atoms with Crippen LogP contribution in [0, 0.1) is 17.0 Å². The molecule has 6 nitrogen and oxygen atoms in total. The first-order valence-electron chi connectivity index (χ1n) is 4.90. The van der Waals surface area contributed by atoms with Crippen molar-refractivity contribution >= 4 is 22.6 Å². The van der Waals surface area contributed by atoms with Crippen molar-refractivity contribution in [2.45, 2.75) is 6.92 Å². The van der Waals surface area contributed by atoms with Crippen molar-refractivity contribution in [1.29, 1.82) is 0 Å². The fraction of sp³-hybridized carbons (Fsp3) is 0.182. The lowest BCUT2D eigenvalue weighted by Crippen LogP contribution is -2.05. The molecule has 0 radical (unpaired) electrons. The van der Waals surface area contributed by atoms with Gasteiger partial charge in [0.25, 0.3) is 5.69 Å². The van der Waals surface area contributed by atoms with Crippen LogP contribution in [-0.2, 0) is 7.05 Å². The number of nitro benzene ring substituents is 1. The number of carboxylic acids is 1. The van der Waals surface area contributed by atoms with Gasteiger partial charge < -0.3 is 9.67 Å². The number of carbonyl (C=O) groups is 1. The zero-order chi connectivity index (χ0) is 12.7. The number of aryl methyl sites for hydroxylation is 2. The summed E-state index contributed by atoms with van der Waals surface area (Å²) in [5, 5.41) is 20.5. The molecule has 0 fully saturated rings. The Morgan fingerprint density at radius 3 is 2.65 bits per heavy atom. The fourth-order valence-electron chi connectivity index (χ4n) is 2.03. The first kappa shape index (κ1) is 11.1. The molecule has 0 aliphatic heterocycles. The Morgan fingerprint density at radius 1 is 1.47 bits per heavy atom. The van der Waals surface area contributed by atoms with Crippen LogP contribution >= 0.6 is 0 Å². The third-order valence-corrected chi connectivity index (χ3v) is 2.85. The second-order valence-corrected chi connectivity index (χ2v) is 3.80. The molecule has 0 bridgehead atoms. The van der Waals surface area contributed by atoms with Gasteiger partial charge in [-0.25, -0.2) is 4.79 Å². The maximum Gasteiger partial charge on any atom is 0.352 e. The third kappa shape index (κ3) is 1.54. The van der Waals surface area contributed by atoms with Crippen molar-refractivity contribution in [3.05, 3.63) is 39.6 Å². The van der Waals surface area contributed by atoms with Crippen LogP contribution < -0.4 is 0 Å². The van der Waals surface area contributed by atoms with Gasteiger partial charge in [0.05, 0.1) is 10.4 Å². The number of benzene rings is 1. The number of fused-ring (bicyclic) bond motifs is 1. The molecule has 0 unspecified atom stereocenters. The van der Waals surface area contributed by atoms with Crippen molar-refractivity contribution in [1.82, 2.24) is 4.57 Å². The minimum Gasteiger partial charge on any atom is -0.477 e. The Labute approximate surface area is 96.2 Å². The predicted molar refractivity (Wildman–Crippen MR) is 61.3 cm³/mol. The Hall–Kier alpha value is -2.37. The van der Waals surface area contributed by atoms with Gasteiger partial charge in [0, 0.05) is 24.6 Å². The first-order valence-corrected chi connectivity index (χ1v) is 4.90. The number of non-ortho nitro benzene ring substituents is 1. The summed E-state index contributed by atoms with van der Waals surface area (Å²) in [6, 6.07) is 4.34. The largest absolute Gasteiger partial charge is 0.477 e. The van der Waals surface area contributed by atoms with Gasteiger partial charge in [0.1, 0.15) is 5.69 Å². The highest BCUT2D eigenvalue weighted by atomic mass is 16.6. The smallest absolute Gasteiger partial charge is 0.352 e. The maximum absolute atomic E-state index is 11.1. The van der Waals surface area contributed by atoms with E-state index < -0.39 is 10.9 Å². The molecule has 1 aromatic carbocycles. The van der Waals surface area contributed by atoms with Gasteiger partial charge in [-0.15, -0.1) is 0 Å². The van der Waals surface area contributed by atoms with Crippen molar-refractivity contribution in [3.8, 4) is 0 Å². The summed E-state index contributed by atoms with van der Waals surface area (Å²) in [6.07, 6.45) is 0. The lowest BCUT2D eigenvalue weighted by Gasteiger charge is -1.99. The molecule has 6 heteroatoms. The van der Waals surface area contributed by atoms with Crippen molar-refractivity contribution in [3.63, 3.8) is 0 Å². The highest BCUT2D eigenvalue weighted by molar-refractivity contribution is 5.98. The van der Waals surface area contributed by atoms with Gasteiger partial charge in [-0.3, -0.25) is 10.1 Å². The van der Waals surface area contributed by atoms with Crippen molar-refractivity contribution < 1.29 is 14.8 Å². The van der Waals surface area contributed by atoms with Crippen LogP contribution in [0.5, 0.6) is 0 Å². The molecule has 0 amide bonds. The number of aromatic nitrogens is 1. The molecule has 2 rings (SSSR count). The van der Waals surface area contributed by atoms with E-state index in [0.29, 0.717) is 11.1 Å². The van der Waals surface area contributed by atoms with E-state index >= 15 is 0 Å². The Kier molecular flexibility index (Phi) is 2.35. The summed E-state index contributed by atoms with van der Waals surface area (Å²) in [7, 11) is 1.59. The highest BCUT2D eigenvalue weighted by Crippen LogP contribution is 2.27. The van der Waals surface area contributed by atoms with Gasteiger partial charge in [0.2, 0.25) is 0 Å². The van der Waals surface area contributed by atoms with E-state index in [1.807, 2.05) is 0 Å². The van der Waals surface area contributed by atoms with E-state index in [0.717, 1.165) is 5.39 Å². The Balaban J connectivity index is 2.84. The molecule has 17 heavy (non-hydrogen) atoms. The third-order valence-electron chi connectivity index (χ3n) is 2.85. The predicted octanol–water partition coefficient (Wildman–Crippen LogP) is 2.09. The van der Waals surface area contributed by atoms with E-state index in [9.17, 15) is 14.9 Å². The second kappa shape index (κ2) is 3.58. The standard InChI is InChI=1S/C11H10N2O4/c1-6-8-4-3-7(13(16)17)5-9(8)12(2)10(6)11(14)15/h3-5H,1-2H3,(H,14,15). The van der Waals surface area contributed by atoms with Crippen LogP contribution in [0.4, 0.5) is 5.69 Å². The van der Waals surface area contributed by atoms with E-state index in [1.54, 1.807) is 20.0 Å². The fourth-order valence-corrected chi connectivity index (χ4v) is 2.03. The van der Waals surface area contributed by atoms with Crippen molar-refractivity contribution in [2.24, 2.45) is 7.05 Å². The molecule has 88 valence electrons. The first-order chi connectivity index (χ1) is 7.93. The maximum atomic E-state index is 11.1. The number of hydrogen-bond donors (Lipinski definition) is 1. The van der Waals surface area contributed by atoms with Crippen LogP contribution in [0.15, 0.2) is 18.2 Å². The van der Waals surface area contributed by atoms with Crippen LogP contribution in [0.25, 0.3) is 10.9 Å². The molecule has 0 spiro atoms. The summed E-state index contributed by atoms with van der Waals surface area (Å²) >= 11 is 0. The summed E-state index contributed by atoms with van der Waals surface area (Å²) in [5.74, 6) is -1.04. The van der Waals surface area contributed by atoms with E-state index in [-0.39, 0.29) is 11.4 Å². The molecule has 0 atom stereocenters. The zero-order valence-corrected chi connectivity index (χ0v) is 9.30. The van der Waals surface area contributed by atoms with Gasteiger partial charge in [-0.05, 0) is 18.6 Å². The van der Waals surface area contributed by atoms with Crippen LogP contribution in [0.3, 0.4) is 0 Å². The van der Waals surface area contributed by atoms with E-state index in [4.69, 9.17) is 5.11 Å². The molecular formula is C11H10N2O4. The zero-order valence-electron chi connectivity index (χ0n) is 9.30. The summed E-state index contributed by atoms with van der Waals surface area (Å²) < 4.78 is 1.46. The van der Waals surface area contributed by atoms with Crippen molar-refractivity contribution in [2.75, 3.05) is 0 Å². The lowest BCUT2D eigenvalue weighted by atomic mass is 10.1. The molecule has 0 saturated carbocycles. The number of rotatable bonds is 2. The highest BCUT2D eigenvalue weighted by Gasteiger charge is 2.19. The summed E-state index contributed by atoms with van der Waals surface area (Å²) in [4.78, 5) is 21.2. The van der Waals surface area contributed by atoms with Gasteiger partial charge in [0.15, 0.2) is 0 Å². The molecule has 1 heterocycles. The number of carboxylic acid groups (broad SMARTS) is 1. The number of aromatic carboxylic acids is 1. The number of nitrogens with zero attached hydrogens (tertiary/aromatic N) is 2. The average molecular weight is 234 g/mol. The van der Waals surface area contributed by atoms with Crippen LogP contribution in [-0.4, -0.2) is 20.6 Å². The van der Waals surface area contributed by atoms with Crippen LogP contribution in [0.1, 0.15) is 16.1 Å². The molecular weight excluding hydrogens is 224 g/mol. The molecule has 1 N–H and O–H groups in total. The molecule has 0 aliphatic rings. The van der Waals surface area contributed by atoms with E-state index in [1.165, 1.54) is 16.7 Å². The minimum absolute atomic E-state index is 0.0463. The molecule has 1 aromatic heterocycles. The van der Waals surface area contributed by atoms with E-state index in [2.05, 4.69) is 0 Å². The molecule has 2 aromatic rings. The summed E-state index contributed by atoms with van der Waals surface area (Å²) in [5.41, 5.74) is 1.27. The monoisotopic (exact) mass is 234 g/mol. The quantitative estimate of drug-likeness (QED) is 0.636. The lowest BCUT2D eigenvalue weighted by molar-refractivity contribution is -0.384. The summed E-state index contributed by atoms with van der Waals surface area (Å²) in [6.45, 7) is 1.69.